The van der Waals surface area contributed by atoms with E-state index < -0.39 is 18.5 Å². The van der Waals surface area contributed by atoms with Gasteiger partial charge < -0.3 is 19.7 Å². The summed E-state index contributed by atoms with van der Waals surface area (Å²) in [5.41, 5.74) is 0.337. The van der Waals surface area contributed by atoms with Crippen LogP contribution in [0.3, 0.4) is 0 Å². The van der Waals surface area contributed by atoms with E-state index in [1.165, 1.54) is 11.9 Å². The first-order chi connectivity index (χ1) is 12.3. The normalized spacial score (nSPS) is 13.2. The SMILES string of the molecule is CC(C)COc1ccc(C(=O)OCC(=O)N(C)CC(=O)NC2CC2)cc1. The zero-order chi connectivity index (χ0) is 19.1. The fourth-order valence-corrected chi connectivity index (χ4v) is 2.08. The van der Waals surface area contributed by atoms with Gasteiger partial charge in [0.05, 0.1) is 18.7 Å². The summed E-state index contributed by atoms with van der Waals surface area (Å²) in [6.45, 7) is 4.25. The van der Waals surface area contributed by atoms with E-state index in [9.17, 15) is 14.4 Å². The molecule has 1 aliphatic rings. The number of likely N-dealkylation sites (N-methyl/N-ethyl adjacent to an activating group) is 1. The fourth-order valence-electron chi connectivity index (χ4n) is 2.08. The fraction of sp³-hybridized carbons (Fsp3) is 0.526. The Morgan fingerprint density at radius 3 is 2.42 bits per heavy atom. The predicted molar refractivity (Wildman–Crippen MR) is 95.9 cm³/mol. The Balaban J connectivity index is 1.74. The Labute approximate surface area is 153 Å². The second-order valence-electron chi connectivity index (χ2n) is 6.90. The lowest BCUT2D eigenvalue weighted by Crippen LogP contribution is -2.40. The highest BCUT2D eigenvalue weighted by molar-refractivity contribution is 5.92. The minimum absolute atomic E-state index is 0.0469. The molecule has 1 aliphatic carbocycles. The van der Waals surface area contributed by atoms with Crippen molar-refractivity contribution >= 4 is 17.8 Å². The van der Waals surface area contributed by atoms with Crippen molar-refractivity contribution in [3.8, 4) is 5.75 Å². The number of esters is 1. The van der Waals surface area contributed by atoms with E-state index in [1.807, 2.05) is 0 Å². The van der Waals surface area contributed by atoms with Crippen molar-refractivity contribution < 1.29 is 23.9 Å². The molecule has 0 heterocycles. The highest BCUT2D eigenvalue weighted by Crippen LogP contribution is 2.18. The maximum Gasteiger partial charge on any atom is 0.338 e. The Morgan fingerprint density at radius 1 is 1.19 bits per heavy atom. The van der Waals surface area contributed by atoms with Crippen LogP contribution in [0.25, 0.3) is 0 Å². The molecule has 0 saturated heterocycles. The van der Waals surface area contributed by atoms with E-state index >= 15 is 0 Å². The van der Waals surface area contributed by atoms with Crippen molar-refractivity contribution in [2.24, 2.45) is 5.92 Å². The van der Waals surface area contributed by atoms with E-state index in [0.29, 0.717) is 23.8 Å². The van der Waals surface area contributed by atoms with Crippen LogP contribution in [0.1, 0.15) is 37.0 Å². The van der Waals surface area contributed by atoms with E-state index in [0.717, 1.165) is 12.8 Å². The van der Waals surface area contributed by atoms with E-state index in [2.05, 4.69) is 19.2 Å². The largest absolute Gasteiger partial charge is 0.493 e. The van der Waals surface area contributed by atoms with Crippen LogP contribution in [0.2, 0.25) is 0 Å². The van der Waals surface area contributed by atoms with Crippen molar-refractivity contribution in [1.82, 2.24) is 10.2 Å². The second kappa shape index (κ2) is 9.22. The van der Waals surface area contributed by atoms with Gasteiger partial charge in [0.15, 0.2) is 6.61 Å². The van der Waals surface area contributed by atoms with Gasteiger partial charge in [0.25, 0.3) is 5.91 Å². The number of nitrogens with zero attached hydrogens (tertiary/aromatic N) is 1. The Hall–Kier alpha value is -2.57. The minimum atomic E-state index is -0.593. The molecule has 2 rings (SSSR count). The zero-order valence-electron chi connectivity index (χ0n) is 15.5. The number of carbonyl (C=O) groups excluding carboxylic acids is 3. The number of hydrogen-bond donors (Lipinski definition) is 1. The highest BCUT2D eigenvalue weighted by Gasteiger charge is 2.24. The monoisotopic (exact) mass is 362 g/mol. The van der Waals surface area contributed by atoms with Crippen LogP contribution in [0.4, 0.5) is 0 Å². The standard InChI is InChI=1S/C19H26N2O5/c1-13(2)11-25-16-8-4-14(5-9-16)19(24)26-12-18(23)21(3)10-17(22)20-15-6-7-15/h4-5,8-9,13,15H,6-7,10-12H2,1-3H3,(H,20,22). The molecule has 0 radical (unpaired) electrons. The molecule has 1 saturated carbocycles. The van der Waals surface area contributed by atoms with Gasteiger partial charge in [-0.15, -0.1) is 0 Å². The van der Waals surface area contributed by atoms with Gasteiger partial charge >= 0.3 is 5.97 Å². The first-order valence-corrected chi connectivity index (χ1v) is 8.78. The van der Waals surface area contributed by atoms with Crippen LogP contribution in [0.5, 0.6) is 5.75 Å². The number of nitrogens with one attached hydrogen (secondary N) is 1. The van der Waals surface area contributed by atoms with E-state index in [1.54, 1.807) is 24.3 Å². The number of ether oxygens (including phenoxy) is 2. The highest BCUT2D eigenvalue weighted by atomic mass is 16.5. The number of carbonyl (C=O) groups is 3. The van der Waals surface area contributed by atoms with Gasteiger partial charge in [0.1, 0.15) is 5.75 Å². The molecule has 0 atom stereocenters. The average Bonchev–Trinajstić information content (AvgIpc) is 3.41. The van der Waals surface area contributed by atoms with Crippen molar-refractivity contribution in [3.05, 3.63) is 29.8 Å². The lowest BCUT2D eigenvalue weighted by molar-refractivity contribution is -0.137. The summed E-state index contributed by atoms with van der Waals surface area (Å²) in [5, 5.41) is 2.80. The van der Waals surface area contributed by atoms with Crippen LogP contribution in [-0.4, -0.2) is 55.5 Å². The molecule has 7 heteroatoms. The Morgan fingerprint density at radius 2 is 1.85 bits per heavy atom. The number of benzene rings is 1. The van der Waals surface area contributed by atoms with Gasteiger partial charge in [0, 0.05) is 13.1 Å². The van der Waals surface area contributed by atoms with E-state index in [4.69, 9.17) is 9.47 Å². The number of rotatable bonds is 9. The van der Waals surface area contributed by atoms with Gasteiger partial charge in [-0.05, 0) is 43.0 Å². The summed E-state index contributed by atoms with van der Waals surface area (Å²) in [5.74, 6) is -0.140. The quantitative estimate of drug-likeness (QED) is 0.675. The number of amides is 2. The summed E-state index contributed by atoms with van der Waals surface area (Å²) in [7, 11) is 1.50. The lowest BCUT2D eigenvalue weighted by Gasteiger charge is -2.16. The minimum Gasteiger partial charge on any atom is -0.493 e. The first-order valence-electron chi connectivity index (χ1n) is 8.78. The number of hydrogen-bond acceptors (Lipinski definition) is 5. The molecule has 1 N–H and O–H groups in total. The Kier molecular flexibility index (Phi) is 7.00. The van der Waals surface area contributed by atoms with Crippen LogP contribution in [-0.2, 0) is 14.3 Å². The topological polar surface area (TPSA) is 84.9 Å². The van der Waals surface area contributed by atoms with Gasteiger partial charge in [-0.25, -0.2) is 4.79 Å². The van der Waals surface area contributed by atoms with Gasteiger partial charge in [-0.1, -0.05) is 13.8 Å². The van der Waals surface area contributed by atoms with Crippen molar-refractivity contribution in [1.29, 1.82) is 0 Å². The first kappa shape index (κ1) is 19.8. The average molecular weight is 362 g/mol. The molecule has 2 amide bonds. The summed E-state index contributed by atoms with van der Waals surface area (Å²) in [4.78, 5) is 36.9. The third-order valence-electron chi connectivity index (χ3n) is 3.75. The maximum atomic E-state index is 12.0. The molecule has 1 aromatic rings. The molecule has 7 nitrogen and oxygen atoms in total. The summed E-state index contributed by atoms with van der Waals surface area (Å²) < 4.78 is 10.6. The van der Waals surface area contributed by atoms with Crippen molar-refractivity contribution in [2.75, 3.05) is 26.8 Å². The molecule has 0 spiro atoms. The molecule has 142 valence electrons. The van der Waals surface area contributed by atoms with Gasteiger partial charge in [-0.3, -0.25) is 9.59 Å². The molecular formula is C19H26N2O5. The summed E-state index contributed by atoms with van der Waals surface area (Å²) >= 11 is 0. The van der Waals surface area contributed by atoms with Gasteiger partial charge in [0.2, 0.25) is 5.91 Å². The summed E-state index contributed by atoms with van der Waals surface area (Å²) in [6.07, 6.45) is 1.98. The Bertz CT molecular complexity index is 638. The lowest BCUT2D eigenvalue weighted by atomic mass is 10.2. The molecule has 26 heavy (non-hydrogen) atoms. The third-order valence-corrected chi connectivity index (χ3v) is 3.75. The molecule has 0 unspecified atom stereocenters. The van der Waals surface area contributed by atoms with E-state index in [-0.39, 0.29) is 18.5 Å². The maximum absolute atomic E-state index is 12.0. The smallest absolute Gasteiger partial charge is 0.338 e. The molecule has 0 aliphatic heterocycles. The molecule has 1 fully saturated rings. The van der Waals surface area contributed by atoms with Crippen molar-refractivity contribution in [3.63, 3.8) is 0 Å². The van der Waals surface area contributed by atoms with Crippen LogP contribution >= 0.6 is 0 Å². The van der Waals surface area contributed by atoms with Crippen LogP contribution in [0, 0.1) is 5.92 Å². The van der Waals surface area contributed by atoms with Crippen molar-refractivity contribution in [2.45, 2.75) is 32.7 Å². The summed E-state index contributed by atoms with van der Waals surface area (Å²) in [6, 6.07) is 6.81. The van der Waals surface area contributed by atoms with Crippen LogP contribution in [0.15, 0.2) is 24.3 Å². The predicted octanol–water partition coefficient (Wildman–Crippen LogP) is 1.62. The van der Waals surface area contributed by atoms with Gasteiger partial charge in [-0.2, -0.15) is 0 Å². The molecule has 1 aromatic carbocycles. The molecule has 0 aromatic heterocycles. The van der Waals surface area contributed by atoms with Crippen LogP contribution < -0.4 is 10.1 Å². The molecular weight excluding hydrogens is 336 g/mol. The third kappa shape index (κ3) is 6.74. The molecule has 0 bridgehead atoms. The second-order valence-corrected chi connectivity index (χ2v) is 6.90. The zero-order valence-corrected chi connectivity index (χ0v) is 15.5.